The van der Waals surface area contributed by atoms with Gasteiger partial charge in [-0.25, -0.2) is 9.97 Å². The predicted octanol–water partition coefficient (Wildman–Crippen LogP) is 0.766. The maximum absolute atomic E-state index is 10.3. The summed E-state index contributed by atoms with van der Waals surface area (Å²) in [7, 11) is 0. The number of hydrogen-bond donors (Lipinski definition) is 4. The molecule has 7 nitrogen and oxygen atoms in total. The van der Waals surface area contributed by atoms with Crippen molar-refractivity contribution in [2.75, 3.05) is 0 Å². The Bertz CT molecular complexity index is 675. The van der Waals surface area contributed by atoms with Gasteiger partial charge in [0.25, 0.3) is 0 Å². The number of aromatic nitrogens is 3. The molecule has 2 aromatic rings. The highest BCUT2D eigenvalue weighted by atomic mass is 35.5. The average molecular weight is 320 g/mol. The first-order valence-electron chi connectivity index (χ1n) is 5.76. The van der Waals surface area contributed by atoms with Gasteiger partial charge in [0, 0.05) is 11.8 Å². The third-order valence-electron chi connectivity index (χ3n) is 3.44. The molecule has 4 N–H and O–H groups in total. The second kappa shape index (κ2) is 4.52. The topological polar surface area (TPSA) is 111 Å². The van der Waals surface area contributed by atoms with Crippen LogP contribution in [0.4, 0.5) is 0 Å². The van der Waals surface area contributed by atoms with E-state index in [1.54, 1.807) is 0 Å². The highest BCUT2D eigenvalue weighted by Crippen LogP contribution is 2.43. The number of hydrogen-bond acceptors (Lipinski definition) is 6. The smallest absolute Gasteiger partial charge is 0.224 e. The Morgan fingerprint density at radius 1 is 1.35 bits per heavy atom. The molecule has 3 heterocycles. The first-order valence-corrected chi connectivity index (χ1v) is 6.52. The van der Waals surface area contributed by atoms with Gasteiger partial charge in [0.1, 0.15) is 28.8 Å². The molecule has 108 valence electrons. The van der Waals surface area contributed by atoms with Crippen molar-refractivity contribution < 1.29 is 20.1 Å². The van der Waals surface area contributed by atoms with Crippen molar-refractivity contribution in [2.45, 2.75) is 31.0 Å². The highest BCUT2D eigenvalue weighted by molar-refractivity contribution is 6.35. The van der Waals surface area contributed by atoms with Crippen LogP contribution in [0.2, 0.25) is 10.4 Å². The zero-order valence-corrected chi connectivity index (χ0v) is 11.7. The standard InChI is InChI=1S/C11H11Cl2N3O4/c1-11(19)6(17)9(18)20-7(11)3-2-14-5-4(3)15-10(13)16-8(5)12/h2,6-7,9,14,17-19H,1H3. The summed E-state index contributed by atoms with van der Waals surface area (Å²) in [5, 5.41) is 29.7. The Morgan fingerprint density at radius 2 is 2.05 bits per heavy atom. The van der Waals surface area contributed by atoms with Gasteiger partial charge in [-0.15, -0.1) is 0 Å². The lowest BCUT2D eigenvalue weighted by molar-refractivity contribution is -0.128. The van der Waals surface area contributed by atoms with Crippen LogP contribution in [0.15, 0.2) is 6.20 Å². The molecule has 4 atom stereocenters. The zero-order chi connectivity index (χ0) is 14.7. The normalized spacial score (nSPS) is 34.0. The number of H-pyrrole nitrogens is 1. The zero-order valence-electron chi connectivity index (χ0n) is 10.2. The lowest BCUT2D eigenvalue weighted by atomic mass is 9.91. The van der Waals surface area contributed by atoms with Crippen molar-refractivity contribution in [2.24, 2.45) is 0 Å². The summed E-state index contributed by atoms with van der Waals surface area (Å²) >= 11 is 11.7. The van der Waals surface area contributed by atoms with Gasteiger partial charge in [-0.05, 0) is 18.5 Å². The van der Waals surface area contributed by atoms with Crippen LogP contribution in [0, 0.1) is 0 Å². The number of ether oxygens (including phenoxy) is 1. The van der Waals surface area contributed by atoms with Gasteiger partial charge in [-0.2, -0.15) is 0 Å². The minimum Gasteiger partial charge on any atom is -0.385 e. The van der Waals surface area contributed by atoms with Crippen molar-refractivity contribution in [3.05, 3.63) is 22.2 Å². The average Bonchev–Trinajstić information content (AvgIpc) is 2.85. The van der Waals surface area contributed by atoms with Gasteiger partial charge >= 0.3 is 0 Å². The number of halogens is 2. The van der Waals surface area contributed by atoms with Crippen LogP contribution >= 0.6 is 23.2 Å². The molecular weight excluding hydrogens is 309 g/mol. The third-order valence-corrected chi connectivity index (χ3v) is 3.88. The quantitative estimate of drug-likeness (QED) is 0.456. The maximum atomic E-state index is 10.3. The van der Waals surface area contributed by atoms with E-state index in [1.165, 1.54) is 13.1 Å². The SMILES string of the molecule is CC1(O)C(c2c[nH]c3c(Cl)nc(Cl)nc23)OC(O)C1O. The molecular formula is C11H11Cl2N3O4. The summed E-state index contributed by atoms with van der Waals surface area (Å²) in [6.07, 6.45) is -2.40. The minimum absolute atomic E-state index is 0.0536. The van der Waals surface area contributed by atoms with Gasteiger partial charge in [0.15, 0.2) is 11.4 Å². The maximum Gasteiger partial charge on any atom is 0.224 e. The molecule has 0 spiro atoms. The van der Waals surface area contributed by atoms with Crippen molar-refractivity contribution >= 4 is 34.2 Å². The molecule has 1 saturated heterocycles. The molecule has 3 rings (SSSR count). The third kappa shape index (κ3) is 1.90. The van der Waals surface area contributed by atoms with Gasteiger partial charge in [0.2, 0.25) is 5.28 Å². The fraction of sp³-hybridized carbons (Fsp3) is 0.455. The molecule has 0 amide bonds. The largest absolute Gasteiger partial charge is 0.385 e. The summed E-state index contributed by atoms with van der Waals surface area (Å²) in [6, 6.07) is 0. The van der Waals surface area contributed by atoms with Crippen LogP contribution in [-0.4, -0.2) is 48.3 Å². The van der Waals surface area contributed by atoms with Crippen LogP contribution in [0.1, 0.15) is 18.6 Å². The van der Waals surface area contributed by atoms with E-state index >= 15 is 0 Å². The van der Waals surface area contributed by atoms with Crippen molar-refractivity contribution in [3.8, 4) is 0 Å². The number of rotatable bonds is 1. The highest BCUT2D eigenvalue weighted by Gasteiger charge is 2.53. The van der Waals surface area contributed by atoms with Gasteiger partial charge in [-0.1, -0.05) is 11.6 Å². The van der Waals surface area contributed by atoms with Crippen LogP contribution in [-0.2, 0) is 4.74 Å². The fourth-order valence-electron chi connectivity index (χ4n) is 2.35. The summed E-state index contributed by atoms with van der Waals surface area (Å²) in [5.41, 5.74) is -0.465. The molecule has 0 bridgehead atoms. The number of aliphatic hydroxyl groups excluding tert-OH is 2. The molecule has 0 radical (unpaired) electrons. The van der Waals surface area contributed by atoms with E-state index in [1.807, 2.05) is 0 Å². The molecule has 9 heteroatoms. The number of fused-ring (bicyclic) bond motifs is 1. The van der Waals surface area contributed by atoms with Crippen LogP contribution in [0.3, 0.4) is 0 Å². The predicted molar refractivity (Wildman–Crippen MR) is 70.4 cm³/mol. The van der Waals surface area contributed by atoms with Gasteiger partial charge in [0.05, 0.1) is 0 Å². The van der Waals surface area contributed by atoms with E-state index in [-0.39, 0.29) is 10.4 Å². The molecule has 0 aromatic carbocycles. The Balaban J connectivity index is 2.16. The van der Waals surface area contributed by atoms with E-state index in [9.17, 15) is 15.3 Å². The van der Waals surface area contributed by atoms with Gasteiger partial charge in [-0.3, -0.25) is 0 Å². The van der Waals surface area contributed by atoms with E-state index in [2.05, 4.69) is 15.0 Å². The van der Waals surface area contributed by atoms with Gasteiger partial charge < -0.3 is 25.0 Å². The Labute approximate surface area is 123 Å². The van der Waals surface area contributed by atoms with Crippen molar-refractivity contribution in [3.63, 3.8) is 0 Å². The number of nitrogens with one attached hydrogen (secondary N) is 1. The molecule has 2 aromatic heterocycles. The lowest BCUT2D eigenvalue weighted by Crippen LogP contribution is -2.42. The number of aromatic amines is 1. The van der Waals surface area contributed by atoms with Crippen molar-refractivity contribution in [1.29, 1.82) is 0 Å². The van der Waals surface area contributed by atoms with E-state index in [4.69, 9.17) is 27.9 Å². The molecule has 1 aliphatic heterocycles. The first-order chi connectivity index (χ1) is 9.32. The fourth-order valence-corrected chi connectivity index (χ4v) is 2.78. The summed E-state index contributed by atoms with van der Waals surface area (Å²) in [6.45, 7) is 1.36. The minimum atomic E-state index is -1.68. The molecule has 1 aliphatic rings. The first kappa shape index (κ1) is 14.0. The lowest BCUT2D eigenvalue weighted by Gasteiger charge is -2.25. The second-order valence-corrected chi connectivity index (χ2v) is 5.52. The number of nitrogens with zero attached hydrogens (tertiary/aromatic N) is 2. The number of aliphatic hydroxyl groups is 3. The van der Waals surface area contributed by atoms with Crippen molar-refractivity contribution in [1.82, 2.24) is 15.0 Å². The van der Waals surface area contributed by atoms with E-state index in [0.29, 0.717) is 16.6 Å². The Hall–Kier alpha value is -0.960. The molecule has 0 aliphatic carbocycles. The van der Waals surface area contributed by atoms with E-state index in [0.717, 1.165) is 0 Å². The second-order valence-electron chi connectivity index (χ2n) is 4.83. The summed E-state index contributed by atoms with van der Waals surface area (Å²) < 4.78 is 5.21. The molecule has 0 saturated carbocycles. The molecule has 1 fully saturated rings. The van der Waals surface area contributed by atoms with E-state index < -0.39 is 24.1 Å². The Morgan fingerprint density at radius 3 is 2.65 bits per heavy atom. The monoisotopic (exact) mass is 319 g/mol. The Kier molecular flexibility index (Phi) is 3.16. The molecule has 20 heavy (non-hydrogen) atoms. The van der Waals surface area contributed by atoms with Crippen LogP contribution in [0.25, 0.3) is 11.0 Å². The van der Waals surface area contributed by atoms with Crippen LogP contribution < -0.4 is 0 Å². The summed E-state index contributed by atoms with van der Waals surface area (Å²) in [5.74, 6) is 0. The summed E-state index contributed by atoms with van der Waals surface area (Å²) in [4.78, 5) is 10.7. The van der Waals surface area contributed by atoms with Crippen LogP contribution in [0.5, 0.6) is 0 Å². The molecule has 4 unspecified atom stereocenters.